The third kappa shape index (κ3) is 14.0. The second-order valence-corrected chi connectivity index (χ2v) is 6.45. The van der Waals surface area contributed by atoms with E-state index in [2.05, 4.69) is 9.47 Å². The molecule has 0 saturated carbocycles. The van der Waals surface area contributed by atoms with Crippen LogP contribution in [0.4, 0.5) is 0 Å². The van der Waals surface area contributed by atoms with Gasteiger partial charge in [0.05, 0.1) is 33.0 Å². The molecular formula is C18H32O8. The average Bonchev–Trinajstić information content (AvgIpc) is 2.50. The maximum Gasteiger partial charge on any atom is 0.334 e. The van der Waals surface area contributed by atoms with E-state index in [4.69, 9.17) is 10.2 Å². The lowest BCUT2D eigenvalue weighted by Crippen LogP contribution is -2.21. The van der Waals surface area contributed by atoms with Gasteiger partial charge < -0.3 is 19.7 Å². The molecule has 0 amide bonds. The van der Waals surface area contributed by atoms with Crippen LogP contribution < -0.4 is 0 Å². The normalized spacial score (nSPS) is 12.1. The van der Waals surface area contributed by atoms with E-state index in [0.29, 0.717) is 12.3 Å². The van der Waals surface area contributed by atoms with Crippen LogP contribution in [0, 0.1) is 17.8 Å². The highest BCUT2D eigenvalue weighted by atomic mass is 16.5. The smallest absolute Gasteiger partial charge is 0.334 e. The van der Waals surface area contributed by atoms with Gasteiger partial charge in [-0.25, -0.2) is 4.79 Å². The minimum absolute atomic E-state index is 0. The van der Waals surface area contributed by atoms with Gasteiger partial charge in [0.1, 0.15) is 0 Å². The second-order valence-electron chi connectivity index (χ2n) is 6.45. The van der Waals surface area contributed by atoms with Gasteiger partial charge in [-0.1, -0.05) is 33.8 Å². The van der Waals surface area contributed by atoms with Gasteiger partial charge in [-0.05, 0) is 18.3 Å². The molecule has 1 unspecified atom stereocenters. The number of esters is 2. The summed E-state index contributed by atoms with van der Waals surface area (Å²) in [4.78, 5) is 42.9. The molecule has 0 rings (SSSR count). The van der Waals surface area contributed by atoms with Gasteiger partial charge in [0.2, 0.25) is 0 Å². The summed E-state index contributed by atoms with van der Waals surface area (Å²) in [6, 6.07) is 0. The second kappa shape index (κ2) is 13.9. The molecule has 0 aliphatic heterocycles. The lowest BCUT2D eigenvalue weighted by atomic mass is 9.94. The van der Waals surface area contributed by atoms with E-state index in [1.165, 1.54) is 14.2 Å². The van der Waals surface area contributed by atoms with Crippen molar-refractivity contribution in [2.24, 2.45) is 17.8 Å². The number of ether oxygens (including phenoxy) is 2. The molecule has 0 aliphatic carbocycles. The number of aliphatic carboxylic acids is 2. The maximum absolute atomic E-state index is 11.1. The van der Waals surface area contributed by atoms with Crippen LogP contribution in [-0.2, 0) is 28.7 Å². The van der Waals surface area contributed by atoms with Gasteiger partial charge in [0, 0.05) is 7.00 Å². The van der Waals surface area contributed by atoms with E-state index >= 15 is 0 Å². The third-order valence-electron chi connectivity index (χ3n) is 3.04. The van der Waals surface area contributed by atoms with Gasteiger partial charge in [0.15, 0.2) is 0 Å². The van der Waals surface area contributed by atoms with Crippen LogP contribution in [0.2, 0.25) is 0 Å². The molecular weight excluding hydrogens is 344 g/mol. The van der Waals surface area contributed by atoms with E-state index in [9.17, 15) is 19.2 Å². The Bertz CT molecular complexity index is 511. The average molecular weight is 376 g/mol. The van der Waals surface area contributed by atoms with Crippen molar-refractivity contribution < 1.29 is 40.3 Å². The Kier molecular flexibility index (Phi) is 13.8. The van der Waals surface area contributed by atoms with Gasteiger partial charge in [-0.15, -0.1) is 0 Å². The molecule has 152 valence electrons. The topological polar surface area (TPSA) is 127 Å². The number of hydrogen-bond donors (Lipinski definition) is 2. The van der Waals surface area contributed by atoms with Crippen molar-refractivity contribution in [3.63, 3.8) is 0 Å². The van der Waals surface area contributed by atoms with Crippen LogP contribution in [0.1, 0.15) is 48.4 Å². The molecule has 0 spiro atoms. The molecule has 0 heterocycles. The van der Waals surface area contributed by atoms with E-state index in [-0.39, 0.29) is 25.8 Å². The minimum Gasteiger partial charge on any atom is -0.481 e. The fraction of sp³-hybridized carbons (Fsp3) is 0.667. The highest BCUT2D eigenvalue weighted by Gasteiger charge is 2.23. The van der Waals surface area contributed by atoms with Gasteiger partial charge in [-0.2, -0.15) is 0 Å². The molecule has 0 radical (unpaired) electrons. The number of allylic oxidation sites excluding steroid dienone is 1. The Labute approximate surface area is 155 Å². The Hall–Kier alpha value is -2.38. The predicted molar refractivity (Wildman–Crippen MR) is 96.5 cm³/mol. The largest absolute Gasteiger partial charge is 0.481 e. The van der Waals surface area contributed by atoms with Crippen molar-refractivity contribution in [1.29, 1.82) is 0 Å². The monoisotopic (exact) mass is 376 g/mol. The summed E-state index contributed by atoms with van der Waals surface area (Å²) >= 11 is 0. The molecule has 0 aromatic carbocycles. The van der Waals surface area contributed by atoms with Crippen molar-refractivity contribution in [3.8, 4) is 0 Å². The van der Waals surface area contributed by atoms with Crippen molar-refractivity contribution in [1.82, 2.24) is 0 Å². The van der Waals surface area contributed by atoms with E-state index in [1.807, 2.05) is 27.7 Å². The summed E-state index contributed by atoms with van der Waals surface area (Å²) in [5, 5.41) is 17.0. The fourth-order valence-corrected chi connectivity index (χ4v) is 2.10. The van der Waals surface area contributed by atoms with Crippen LogP contribution in [0.25, 0.3) is 0 Å². The Morgan fingerprint density at radius 1 is 0.962 bits per heavy atom. The zero-order valence-electron chi connectivity index (χ0n) is 16.3. The molecule has 8 heteroatoms. The molecule has 0 aliphatic rings. The maximum atomic E-state index is 11.1. The van der Waals surface area contributed by atoms with Gasteiger partial charge in [-0.3, -0.25) is 14.4 Å². The Morgan fingerprint density at radius 2 is 1.50 bits per heavy atom. The molecule has 2 N–H and O–H groups in total. The summed E-state index contributed by atoms with van der Waals surface area (Å²) in [6.45, 7) is 7.62. The van der Waals surface area contributed by atoms with Crippen molar-refractivity contribution in [2.75, 3.05) is 14.2 Å². The number of hydrogen-bond acceptors (Lipinski definition) is 6. The lowest BCUT2D eigenvalue weighted by molar-refractivity contribution is -0.151. The summed E-state index contributed by atoms with van der Waals surface area (Å²) in [6.07, 6.45) is 1.72. The molecule has 1 atom stereocenters. The molecule has 0 aromatic heterocycles. The van der Waals surface area contributed by atoms with Crippen LogP contribution in [0.5, 0.6) is 0 Å². The SMILES string of the molecule is COC(=O)/C(=C/C(C)C)CC(=O)O.COC(=O)C(CC(=O)O)CC(C)C.[HH]. The van der Waals surface area contributed by atoms with Crippen LogP contribution in [0.3, 0.4) is 0 Å². The Morgan fingerprint density at radius 3 is 1.81 bits per heavy atom. The number of methoxy groups -OCH3 is 2. The highest BCUT2D eigenvalue weighted by molar-refractivity contribution is 5.93. The number of carbonyl (C=O) groups excluding carboxylic acids is 2. The molecule has 8 nitrogen and oxygen atoms in total. The van der Waals surface area contributed by atoms with Crippen molar-refractivity contribution >= 4 is 23.9 Å². The van der Waals surface area contributed by atoms with Crippen molar-refractivity contribution in [2.45, 2.75) is 47.0 Å². The zero-order valence-corrected chi connectivity index (χ0v) is 16.3. The molecule has 0 aromatic rings. The first kappa shape index (κ1) is 25.9. The van der Waals surface area contributed by atoms with Gasteiger partial charge in [0.25, 0.3) is 0 Å². The summed E-state index contributed by atoms with van der Waals surface area (Å²) < 4.78 is 8.96. The molecule has 0 fully saturated rings. The summed E-state index contributed by atoms with van der Waals surface area (Å²) in [5.41, 5.74) is 0.199. The molecule has 0 saturated heterocycles. The third-order valence-corrected chi connectivity index (χ3v) is 3.04. The summed E-state index contributed by atoms with van der Waals surface area (Å²) in [7, 11) is 2.51. The number of carboxylic acid groups (broad SMARTS) is 2. The van der Waals surface area contributed by atoms with Crippen LogP contribution in [-0.4, -0.2) is 48.3 Å². The van der Waals surface area contributed by atoms with Gasteiger partial charge >= 0.3 is 23.9 Å². The van der Waals surface area contributed by atoms with Crippen LogP contribution >= 0.6 is 0 Å². The first-order chi connectivity index (χ1) is 11.9. The number of carboxylic acids is 2. The molecule has 0 bridgehead atoms. The fourth-order valence-electron chi connectivity index (χ4n) is 2.10. The zero-order chi connectivity index (χ0) is 20.9. The Balaban J connectivity index is -0.000000411. The number of carbonyl (C=O) groups is 4. The number of rotatable bonds is 9. The standard InChI is InChI=1S/C9H16O4.C9H14O4.H2/c2*1-6(2)4-7(5-8(10)11)9(12)13-3;/h6-7H,4-5H2,1-3H3,(H,10,11);4,6H,5H2,1-3H3,(H,10,11);1H/b;7-4+;. The molecule has 26 heavy (non-hydrogen) atoms. The van der Waals surface area contributed by atoms with E-state index in [1.54, 1.807) is 6.08 Å². The minimum atomic E-state index is -1.03. The first-order valence-corrected chi connectivity index (χ1v) is 8.24. The van der Waals surface area contributed by atoms with E-state index < -0.39 is 29.8 Å². The lowest BCUT2D eigenvalue weighted by Gasteiger charge is -2.14. The van der Waals surface area contributed by atoms with Crippen molar-refractivity contribution in [3.05, 3.63) is 11.6 Å². The highest BCUT2D eigenvalue weighted by Crippen LogP contribution is 2.16. The quantitative estimate of drug-likeness (QED) is 0.464. The summed E-state index contributed by atoms with van der Waals surface area (Å²) in [5.74, 6) is -3.08. The van der Waals surface area contributed by atoms with Crippen LogP contribution in [0.15, 0.2) is 11.6 Å². The first-order valence-electron chi connectivity index (χ1n) is 8.24. The predicted octanol–water partition coefficient (Wildman–Crippen LogP) is 2.76. The van der Waals surface area contributed by atoms with E-state index in [0.717, 1.165) is 0 Å².